The number of likely N-dealkylation sites (tertiary alicyclic amines) is 2. The van der Waals surface area contributed by atoms with E-state index in [0.29, 0.717) is 38.3 Å². The zero-order valence-corrected chi connectivity index (χ0v) is 11.4. The third kappa shape index (κ3) is 3.55. The number of carbonyl (C=O) groups is 2. The summed E-state index contributed by atoms with van der Waals surface area (Å²) in [5, 5.41) is 0. The van der Waals surface area contributed by atoms with Crippen molar-refractivity contribution in [1.82, 2.24) is 9.80 Å². The number of hydrogen-bond acceptors (Lipinski definition) is 3. The third-order valence-electron chi connectivity index (χ3n) is 4.10. The molecule has 0 N–H and O–H groups in total. The van der Waals surface area contributed by atoms with Crippen molar-refractivity contribution in [3.05, 3.63) is 0 Å². The van der Waals surface area contributed by atoms with Gasteiger partial charge in [0.25, 0.3) is 0 Å². The first-order valence-corrected chi connectivity index (χ1v) is 7.21. The van der Waals surface area contributed by atoms with Crippen LogP contribution >= 0.6 is 0 Å². The number of rotatable bonds is 4. The Kier molecular flexibility index (Phi) is 4.75. The van der Waals surface area contributed by atoms with Crippen LogP contribution in [0.15, 0.2) is 0 Å². The van der Waals surface area contributed by atoms with Gasteiger partial charge in [-0.25, -0.2) is 0 Å². The summed E-state index contributed by atoms with van der Waals surface area (Å²) in [5.41, 5.74) is 0. The van der Waals surface area contributed by atoms with E-state index in [9.17, 15) is 9.59 Å². The molecule has 0 saturated carbocycles. The van der Waals surface area contributed by atoms with Crippen molar-refractivity contribution in [2.24, 2.45) is 5.92 Å². The largest absolute Gasteiger partial charge is 0.341 e. The second kappa shape index (κ2) is 6.32. The van der Waals surface area contributed by atoms with E-state index < -0.39 is 0 Å². The number of Topliss-reactive ketones (excluding diaryl/α,β-unsaturated/α-hetero) is 1. The molecule has 0 aromatic carbocycles. The molecule has 1 amide bonds. The number of piperidine rings is 1. The van der Waals surface area contributed by atoms with Gasteiger partial charge in [-0.05, 0) is 25.3 Å². The lowest BCUT2D eigenvalue weighted by Crippen LogP contribution is -2.43. The van der Waals surface area contributed by atoms with Gasteiger partial charge < -0.3 is 4.90 Å². The van der Waals surface area contributed by atoms with Gasteiger partial charge in [-0.2, -0.15) is 0 Å². The van der Waals surface area contributed by atoms with Gasteiger partial charge in [0, 0.05) is 32.5 Å². The Hall–Kier alpha value is -0.900. The van der Waals surface area contributed by atoms with Gasteiger partial charge in [0.05, 0.1) is 6.54 Å². The summed E-state index contributed by atoms with van der Waals surface area (Å²) >= 11 is 0. The molecule has 102 valence electrons. The fourth-order valence-corrected chi connectivity index (χ4v) is 3.00. The first kappa shape index (κ1) is 13.5. The molecule has 2 heterocycles. The highest BCUT2D eigenvalue weighted by atomic mass is 16.2. The average molecular weight is 252 g/mol. The van der Waals surface area contributed by atoms with Crippen LogP contribution in [0.1, 0.15) is 39.0 Å². The van der Waals surface area contributed by atoms with Crippen LogP contribution in [0.3, 0.4) is 0 Å². The monoisotopic (exact) mass is 252 g/mol. The number of hydrogen-bond donors (Lipinski definition) is 0. The minimum Gasteiger partial charge on any atom is -0.341 e. The molecule has 4 heteroatoms. The van der Waals surface area contributed by atoms with Crippen molar-refractivity contribution >= 4 is 11.7 Å². The van der Waals surface area contributed by atoms with Gasteiger partial charge in [-0.3, -0.25) is 14.5 Å². The van der Waals surface area contributed by atoms with Gasteiger partial charge in [-0.15, -0.1) is 0 Å². The van der Waals surface area contributed by atoms with Crippen LogP contribution in [-0.2, 0) is 9.59 Å². The molecule has 18 heavy (non-hydrogen) atoms. The van der Waals surface area contributed by atoms with E-state index in [1.165, 1.54) is 19.3 Å². The average Bonchev–Trinajstić information content (AvgIpc) is 2.78. The predicted molar refractivity (Wildman–Crippen MR) is 70.3 cm³/mol. The SMILES string of the molecule is CCCC1CCN(CC(=O)N2CCC(=O)CC2)C1. The highest BCUT2D eigenvalue weighted by Crippen LogP contribution is 2.20. The maximum atomic E-state index is 12.1. The highest BCUT2D eigenvalue weighted by molar-refractivity contribution is 5.84. The first-order chi connectivity index (χ1) is 8.69. The van der Waals surface area contributed by atoms with E-state index in [0.717, 1.165) is 19.0 Å². The second-order valence-electron chi connectivity index (χ2n) is 5.60. The van der Waals surface area contributed by atoms with Gasteiger partial charge in [0.15, 0.2) is 0 Å². The summed E-state index contributed by atoms with van der Waals surface area (Å²) < 4.78 is 0. The normalized spacial score (nSPS) is 25.7. The van der Waals surface area contributed by atoms with E-state index in [1.54, 1.807) is 0 Å². The minimum atomic E-state index is 0.208. The number of ketones is 1. The summed E-state index contributed by atoms with van der Waals surface area (Å²) in [4.78, 5) is 27.4. The Morgan fingerprint density at radius 2 is 2.00 bits per heavy atom. The summed E-state index contributed by atoms with van der Waals surface area (Å²) in [6, 6.07) is 0. The molecular formula is C14H24N2O2. The summed E-state index contributed by atoms with van der Waals surface area (Å²) in [6.07, 6.45) is 4.84. The number of nitrogens with zero attached hydrogens (tertiary/aromatic N) is 2. The van der Waals surface area contributed by atoms with Gasteiger partial charge >= 0.3 is 0 Å². The summed E-state index contributed by atoms with van der Waals surface area (Å²) in [7, 11) is 0. The lowest BCUT2D eigenvalue weighted by Gasteiger charge is -2.28. The molecule has 0 aromatic heterocycles. The molecule has 2 saturated heterocycles. The molecule has 0 aromatic rings. The van der Waals surface area contributed by atoms with Crippen molar-refractivity contribution in [2.75, 3.05) is 32.7 Å². The Bertz CT molecular complexity index is 307. The summed E-state index contributed by atoms with van der Waals surface area (Å²) in [5.74, 6) is 1.29. The molecule has 0 bridgehead atoms. The predicted octanol–water partition coefficient (Wildman–Crippen LogP) is 1.30. The fraction of sp³-hybridized carbons (Fsp3) is 0.857. The van der Waals surface area contributed by atoms with Crippen LogP contribution in [0.5, 0.6) is 0 Å². The van der Waals surface area contributed by atoms with Crippen LogP contribution in [-0.4, -0.2) is 54.2 Å². The molecule has 0 radical (unpaired) electrons. The molecule has 0 aliphatic carbocycles. The Morgan fingerprint density at radius 1 is 1.28 bits per heavy atom. The Balaban J connectivity index is 1.73. The lowest BCUT2D eigenvalue weighted by molar-refractivity contribution is -0.135. The maximum absolute atomic E-state index is 12.1. The van der Waals surface area contributed by atoms with E-state index in [-0.39, 0.29) is 5.91 Å². The highest BCUT2D eigenvalue weighted by Gasteiger charge is 2.26. The van der Waals surface area contributed by atoms with Crippen molar-refractivity contribution in [2.45, 2.75) is 39.0 Å². The van der Waals surface area contributed by atoms with Gasteiger partial charge in [0.2, 0.25) is 5.91 Å². The van der Waals surface area contributed by atoms with Crippen molar-refractivity contribution < 1.29 is 9.59 Å². The number of carbonyl (C=O) groups excluding carboxylic acids is 2. The Labute approximate surface area is 109 Å². The second-order valence-corrected chi connectivity index (χ2v) is 5.60. The van der Waals surface area contributed by atoms with E-state index in [2.05, 4.69) is 11.8 Å². The van der Waals surface area contributed by atoms with E-state index in [1.807, 2.05) is 4.90 Å². The maximum Gasteiger partial charge on any atom is 0.236 e. The molecule has 2 fully saturated rings. The molecule has 2 aliphatic heterocycles. The molecule has 1 unspecified atom stereocenters. The smallest absolute Gasteiger partial charge is 0.236 e. The van der Waals surface area contributed by atoms with Crippen LogP contribution in [0.4, 0.5) is 0 Å². The van der Waals surface area contributed by atoms with Crippen LogP contribution in [0.25, 0.3) is 0 Å². The van der Waals surface area contributed by atoms with Crippen molar-refractivity contribution in [1.29, 1.82) is 0 Å². The Morgan fingerprint density at radius 3 is 2.67 bits per heavy atom. The van der Waals surface area contributed by atoms with Crippen LogP contribution in [0, 0.1) is 5.92 Å². The van der Waals surface area contributed by atoms with Crippen LogP contribution in [0.2, 0.25) is 0 Å². The molecule has 0 spiro atoms. The zero-order chi connectivity index (χ0) is 13.0. The van der Waals surface area contributed by atoms with Crippen molar-refractivity contribution in [3.8, 4) is 0 Å². The minimum absolute atomic E-state index is 0.208. The third-order valence-corrected chi connectivity index (χ3v) is 4.10. The van der Waals surface area contributed by atoms with Crippen LogP contribution < -0.4 is 0 Å². The fourth-order valence-electron chi connectivity index (χ4n) is 3.00. The topological polar surface area (TPSA) is 40.6 Å². The van der Waals surface area contributed by atoms with E-state index >= 15 is 0 Å². The first-order valence-electron chi connectivity index (χ1n) is 7.21. The lowest BCUT2D eigenvalue weighted by atomic mass is 10.0. The quantitative estimate of drug-likeness (QED) is 0.757. The van der Waals surface area contributed by atoms with E-state index in [4.69, 9.17) is 0 Å². The molecular weight excluding hydrogens is 228 g/mol. The summed E-state index contributed by atoms with van der Waals surface area (Å²) in [6.45, 7) is 6.16. The molecule has 2 rings (SSSR count). The van der Waals surface area contributed by atoms with Gasteiger partial charge in [-0.1, -0.05) is 13.3 Å². The van der Waals surface area contributed by atoms with Gasteiger partial charge in [0.1, 0.15) is 5.78 Å². The molecule has 4 nitrogen and oxygen atoms in total. The zero-order valence-electron chi connectivity index (χ0n) is 11.4. The number of amides is 1. The standard InChI is InChI=1S/C14H24N2O2/c1-2-3-12-4-7-15(10-12)11-14(18)16-8-5-13(17)6-9-16/h12H,2-11H2,1H3. The van der Waals surface area contributed by atoms with Crippen molar-refractivity contribution in [3.63, 3.8) is 0 Å². The molecule has 2 aliphatic rings. The molecule has 1 atom stereocenters.